The van der Waals surface area contributed by atoms with Crippen LogP contribution in [0.4, 0.5) is 4.39 Å². The summed E-state index contributed by atoms with van der Waals surface area (Å²) in [5.41, 5.74) is 0.358. The van der Waals surface area contributed by atoms with Crippen LogP contribution in [0, 0.1) is 5.82 Å². The molecule has 1 fully saturated rings. The van der Waals surface area contributed by atoms with Gasteiger partial charge < -0.3 is 14.6 Å². The molecule has 0 saturated carbocycles. The fraction of sp³-hybridized carbons (Fsp3) is 0.615. The second-order valence-electron chi connectivity index (χ2n) is 4.72. The van der Waals surface area contributed by atoms with Crippen molar-refractivity contribution >= 4 is 0 Å². The van der Waals surface area contributed by atoms with Gasteiger partial charge in [-0.3, -0.25) is 9.88 Å². The van der Waals surface area contributed by atoms with E-state index in [0.717, 1.165) is 0 Å². The molecular weight excluding hydrogens is 251 g/mol. The zero-order chi connectivity index (χ0) is 13.8. The monoisotopic (exact) mass is 270 g/mol. The number of aliphatic hydroxyl groups excluding tert-OH is 1. The zero-order valence-corrected chi connectivity index (χ0v) is 11.1. The molecule has 106 valence electrons. The van der Waals surface area contributed by atoms with Crippen molar-refractivity contribution in [2.24, 2.45) is 0 Å². The predicted molar refractivity (Wildman–Crippen MR) is 67.1 cm³/mol. The summed E-state index contributed by atoms with van der Waals surface area (Å²) in [6.07, 6.45) is 0.545. The molecule has 1 aliphatic heterocycles. The van der Waals surface area contributed by atoms with E-state index in [4.69, 9.17) is 9.47 Å². The first kappa shape index (κ1) is 14.3. The quantitative estimate of drug-likeness (QED) is 0.859. The minimum atomic E-state index is -0.657. The maximum absolute atomic E-state index is 13.5. The summed E-state index contributed by atoms with van der Waals surface area (Å²) in [5, 5.41) is 10.2. The van der Waals surface area contributed by atoms with Crippen LogP contribution in [0.5, 0.6) is 0 Å². The largest absolute Gasteiger partial charge is 0.389 e. The highest BCUT2D eigenvalue weighted by molar-refractivity contribution is 5.07. The van der Waals surface area contributed by atoms with Gasteiger partial charge in [0.2, 0.25) is 0 Å². The summed E-state index contributed by atoms with van der Waals surface area (Å²) >= 11 is 0. The van der Waals surface area contributed by atoms with Gasteiger partial charge in [0.25, 0.3) is 0 Å². The van der Waals surface area contributed by atoms with E-state index in [1.54, 1.807) is 12.3 Å². The number of pyridine rings is 1. The molecule has 5 nitrogen and oxygen atoms in total. The molecule has 0 aromatic carbocycles. The molecule has 0 aliphatic carbocycles. The third-order valence-electron chi connectivity index (χ3n) is 3.45. The summed E-state index contributed by atoms with van der Waals surface area (Å²) in [5.74, 6) is -0.344. The van der Waals surface area contributed by atoms with Crippen LogP contribution in [-0.4, -0.2) is 60.6 Å². The Morgan fingerprint density at radius 3 is 3.05 bits per heavy atom. The van der Waals surface area contributed by atoms with E-state index in [9.17, 15) is 9.50 Å². The molecule has 1 aromatic rings. The van der Waals surface area contributed by atoms with Crippen LogP contribution < -0.4 is 0 Å². The van der Waals surface area contributed by atoms with Crippen molar-refractivity contribution in [3.63, 3.8) is 0 Å². The first-order valence-corrected chi connectivity index (χ1v) is 6.21. The highest BCUT2D eigenvalue weighted by Gasteiger charge is 2.35. The smallest absolute Gasteiger partial charge is 0.146 e. The van der Waals surface area contributed by atoms with Crippen molar-refractivity contribution < 1.29 is 19.0 Å². The molecule has 1 aromatic heterocycles. The number of hydrogen-bond donors (Lipinski definition) is 1. The van der Waals surface area contributed by atoms with E-state index >= 15 is 0 Å². The molecule has 2 rings (SSSR count). The second kappa shape index (κ2) is 6.38. The SMILES string of the molecule is CO[C@@H]1COC[C@@H](N(C)Cc2ncccc2F)[C@@H]1O. The molecular formula is C13H19FN2O3. The van der Waals surface area contributed by atoms with E-state index in [2.05, 4.69) is 4.98 Å². The lowest BCUT2D eigenvalue weighted by atomic mass is 10.0. The number of aromatic nitrogens is 1. The number of halogens is 1. The van der Waals surface area contributed by atoms with Crippen molar-refractivity contribution in [2.45, 2.75) is 24.8 Å². The Hall–Kier alpha value is -1.08. The van der Waals surface area contributed by atoms with Crippen molar-refractivity contribution in [1.29, 1.82) is 0 Å². The fourth-order valence-electron chi connectivity index (χ4n) is 2.23. The van der Waals surface area contributed by atoms with E-state index in [-0.39, 0.29) is 18.0 Å². The number of hydrogen-bond acceptors (Lipinski definition) is 5. The highest BCUT2D eigenvalue weighted by atomic mass is 19.1. The van der Waals surface area contributed by atoms with Gasteiger partial charge in [-0.05, 0) is 19.2 Å². The molecule has 1 saturated heterocycles. The Balaban J connectivity index is 2.03. The Morgan fingerprint density at radius 1 is 1.58 bits per heavy atom. The van der Waals surface area contributed by atoms with E-state index in [1.807, 2.05) is 11.9 Å². The average Bonchev–Trinajstić information content (AvgIpc) is 2.41. The zero-order valence-electron chi connectivity index (χ0n) is 11.1. The van der Waals surface area contributed by atoms with Gasteiger partial charge in [0.05, 0.1) is 24.9 Å². The topological polar surface area (TPSA) is 54.8 Å². The predicted octanol–water partition coefficient (Wildman–Crippen LogP) is 0.427. The molecule has 1 aliphatic rings. The van der Waals surface area contributed by atoms with Gasteiger partial charge >= 0.3 is 0 Å². The van der Waals surface area contributed by atoms with Crippen molar-refractivity contribution in [2.75, 3.05) is 27.4 Å². The minimum absolute atomic E-state index is 0.236. The lowest BCUT2D eigenvalue weighted by Crippen LogP contribution is -2.55. The number of likely N-dealkylation sites (N-methyl/N-ethyl adjacent to an activating group) is 1. The van der Waals surface area contributed by atoms with Crippen LogP contribution >= 0.6 is 0 Å². The van der Waals surface area contributed by atoms with E-state index in [0.29, 0.717) is 25.5 Å². The lowest BCUT2D eigenvalue weighted by molar-refractivity contribution is -0.142. The fourth-order valence-corrected chi connectivity index (χ4v) is 2.23. The maximum Gasteiger partial charge on any atom is 0.146 e. The van der Waals surface area contributed by atoms with Crippen LogP contribution in [0.2, 0.25) is 0 Å². The normalized spacial score (nSPS) is 27.7. The standard InChI is InChI=1S/C13H19FN2O3/c1-16(6-10-9(14)4-3-5-15-10)11-7-19-8-12(18-2)13(11)17/h3-5,11-13,17H,6-8H2,1-2H3/t11-,12-,13+/m1/s1. The molecule has 3 atom stereocenters. The molecule has 0 radical (unpaired) electrons. The van der Waals surface area contributed by atoms with Gasteiger partial charge in [-0.1, -0.05) is 0 Å². The molecule has 1 N–H and O–H groups in total. The Bertz CT molecular complexity index is 419. The summed E-state index contributed by atoms with van der Waals surface area (Å²) in [6.45, 7) is 1.08. The summed E-state index contributed by atoms with van der Waals surface area (Å²) in [7, 11) is 3.35. The third-order valence-corrected chi connectivity index (χ3v) is 3.45. The number of ether oxygens (including phenoxy) is 2. The Labute approximate surface area is 112 Å². The first-order valence-electron chi connectivity index (χ1n) is 6.21. The van der Waals surface area contributed by atoms with Crippen molar-refractivity contribution in [3.05, 3.63) is 29.8 Å². The van der Waals surface area contributed by atoms with Gasteiger partial charge in [-0.2, -0.15) is 0 Å². The van der Waals surface area contributed by atoms with E-state index in [1.165, 1.54) is 13.2 Å². The number of aliphatic hydroxyl groups is 1. The Kier molecular flexibility index (Phi) is 4.81. The minimum Gasteiger partial charge on any atom is -0.389 e. The van der Waals surface area contributed by atoms with Gasteiger partial charge in [0.15, 0.2) is 0 Å². The van der Waals surface area contributed by atoms with Gasteiger partial charge in [-0.15, -0.1) is 0 Å². The number of methoxy groups -OCH3 is 1. The van der Waals surface area contributed by atoms with Crippen LogP contribution in [0.3, 0.4) is 0 Å². The maximum atomic E-state index is 13.5. The second-order valence-corrected chi connectivity index (χ2v) is 4.72. The lowest BCUT2D eigenvalue weighted by Gasteiger charge is -2.38. The summed E-state index contributed by atoms with van der Waals surface area (Å²) in [4.78, 5) is 5.84. The molecule has 0 spiro atoms. The number of nitrogens with zero attached hydrogens (tertiary/aromatic N) is 2. The number of rotatable bonds is 4. The van der Waals surface area contributed by atoms with E-state index < -0.39 is 6.10 Å². The van der Waals surface area contributed by atoms with Gasteiger partial charge in [-0.25, -0.2) is 4.39 Å². The summed E-state index contributed by atoms with van der Waals surface area (Å²) < 4.78 is 24.1. The van der Waals surface area contributed by atoms with Crippen LogP contribution in [-0.2, 0) is 16.0 Å². The van der Waals surface area contributed by atoms with Gasteiger partial charge in [0, 0.05) is 19.9 Å². The summed E-state index contributed by atoms with van der Waals surface area (Å²) in [6, 6.07) is 2.69. The average molecular weight is 270 g/mol. The Morgan fingerprint density at radius 2 is 2.37 bits per heavy atom. The van der Waals surface area contributed by atoms with Crippen LogP contribution in [0.25, 0.3) is 0 Å². The molecule has 19 heavy (non-hydrogen) atoms. The van der Waals surface area contributed by atoms with Gasteiger partial charge in [0.1, 0.15) is 18.0 Å². The van der Waals surface area contributed by atoms with Crippen molar-refractivity contribution in [3.8, 4) is 0 Å². The molecule has 0 unspecified atom stereocenters. The first-order chi connectivity index (χ1) is 9.13. The molecule has 2 heterocycles. The molecule has 6 heteroatoms. The molecule has 0 bridgehead atoms. The van der Waals surface area contributed by atoms with Crippen molar-refractivity contribution in [1.82, 2.24) is 9.88 Å². The third kappa shape index (κ3) is 3.27. The van der Waals surface area contributed by atoms with Crippen LogP contribution in [0.15, 0.2) is 18.3 Å². The molecule has 0 amide bonds. The highest BCUT2D eigenvalue weighted by Crippen LogP contribution is 2.18. The van der Waals surface area contributed by atoms with Crippen LogP contribution in [0.1, 0.15) is 5.69 Å².